The molecule has 0 atom stereocenters. The fourth-order valence-electron chi connectivity index (χ4n) is 3.15. The second-order valence-corrected chi connectivity index (χ2v) is 6.21. The van der Waals surface area contributed by atoms with E-state index in [1.807, 2.05) is 18.7 Å². The Bertz CT molecular complexity index is 444. The smallest absolute Gasteiger partial charge is 0.325 e. The van der Waals surface area contributed by atoms with Gasteiger partial charge in [0.2, 0.25) is 5.91 Å². The van der Waals surface area contributed by atoms with Crippen LogP contribution in [0.15, 0.2) is 0 Å². The number of nitrogens with one attached hydrogen (secondary N) is 1. The molecule has 1 saturated heterocycles. The number of carbonyl (C=O) groups excluding carboxylic acids is 3. The Morgan fingerprint density at radius 2 is 2.00 bits per heavy atom. The van der Waals surface area contributed by atoms with Gasteiger partial charge in [-0.2, -0.15) is 0 Å². The van der Waals surface area contributed by atoms with Gasteiger partial charge in [0.05, 0.1) is 6.54 Å². The fourth-order valence-corrected chi connectivity index (χ4v) is 3.15. The predicted molar refractivity (Wildman–Crippen MR) is 77.3 cm³/mol. The van der Waals surface area contributed by atoms with Crippen LogP contribution in [-0.2, 0) is 9.59 Å². The third-order valence-electron chi connectivity index (χ3n) is 4.40. The molecule has 0 radical (unpaired) electrons. The summed E-state index contributed by atoms with van der Waals surface area (Å²) in [5, 5.41) is 2.85. The van der Waals surface area contributed by atoms with Crippen molar-refractivity contribution in [2.75, 3.05) is 19.6 Å². The summed E-state index contributed by atoms with van der Waals surface area (Å²) in [6.45, 7) is 4.78. The lowest BCUT2D eigenvalue weighted by Crippen LogP contribution is -2.46. The molecule has 1 saturated carbocycles. The van der Waals surface area contributed by atoms with Crippen LogP contribution in [0.3, 0.4) is 0 Å². The molecule has 1 aliphatic carbocycles. The summed E-state index contributed by atoms with van der Waals surface area (Å²) in [5.41, 5.74) is 4.56. The summed E-state index contributed by atoms with van der Waals surface area (Å²) >= 11 is 0. The number of nitrogens with two attached hydrogens (primary N) is 1. The Labute approximate surface area is 124 Å². The van der Waals surface area contributed by atoms with Gasteiger partial charge in [0.25, 0.3) is 5.91 Å². The topological polar surface area (TPSA) is 95.7 Å². The van der Waals surface area contributed by atoms with Gasteiger partial charge in [-0.1, -0.05) is 12.8 Å². The first-order chi connectivity index (χ1) is 9.85. The molecule has 0 aromatic rings. The van der Waals surface area contributed by atoms with Gasteiger partial charge in [0, 0.05) is 19.1 Å². The van der Waals surface area contributed by atoms with Crippen LogP contribution in [0.2, 0.25) is 0 Å². The Morgan fingerprint density at radius 3 is 2.52 bits per heavy atom. The highest BCUT2D eigenvalue weighted by atomic mass is 16.2. The van der Waals surface area contributed by atoms with E-state index in [0.717, 1.165) is 25.7 Å². The maximum absolute atomic E-state index is 12.5. The van der Waals surface area contributed by atoms with Crippen LogP contribution < -0.4 is 11.1 Å². The zero-order valence-corrected chi connectivity index (χ0v) is 12.7. The van der Waals surface area contributed by atoms with Gasteiger partial charge in [-0.3, -0.25) is 19.4 Å². The molecule has 2 fully saturated rings. The van der Waals surface area contributed by atoms with E-state index in [9.17, 15) is 14.4 Å². The van der Waals surface area contributed by atoms with Crippen molar-refractivity contribution in [3.8, 4) is 0 Å². The highest BCUT2D eigenvalue weighted by Crippen LogP contribution is 2.34. The molecular formula is C14H24N4O3. The minimum absolute atomic E-state index is 0.118. The Hall–Kier alpha value is -1.63. The van der Waals surface area contributed by atoms with Crippen molar-refractivity contribution >= 4 is 17.8 Å². The molecule has 0 aromatic carbocycles. The Balaban J connectivity index is 1.97. The van der Waals surface area contributed by atoms with Crippen molar-refractivity contribution in [3.63, 3.8) is 0 Å². The highest BCUT2D eigenvalue weighted by molar-refractivity contribution is 6.07. The summed E-state index contributed by atoms with van der Waals surface area (Å²) in [6.07, 6.45) is 3.39. The van der Waals surface area contributed by atoms with Crippen molar-refractivity contribution < 1.29 is 14.4 Å². The normalized spacial score (nSPS) is 20.9. The fraction of sp³-hybridized carbons (Fsp3) is 0.786. The van der Waals surface area contributed by atoms with E-state index in [2.05, 4.69) is 5.32 Å². The van der Waals surface area contributed by atoms with Crippen LogP contribution >= 0.6 is 0 Å². The number of rotatable bonds is 6. The molecule has 118 valence electrons. The number of hydrogen-bond donors (Lipinski definition) is 2. The number of hydrogen-bond acceptors (Lipinski definition) is 4. The van der Waals surface area contributed by atoms with Crippen LogP contribution in [0.4, 0.5) is 4.79 Å². The standard InChI is InChI=1S/C14H24N4O3/c1-10(2)17(9-11(15)19)7-8-18-12(20)14(16-13(18)21)5-3-4-6-14/h10H,3-9H2,1-2H3,(H2,15,19)(H,16,21). The maximum Gasteiger partial charge on any atom is 0.325 e. The average Bonchev–Trinajstić information content (AvgIpc) is 2.94. The van der Waals surface area contributed by atoms with Crippen LogP contribution in [-0.4, -0.2) is 58.9 Å². The van der Waals surface area contributed by atoms with Gasteiger partial charge < -0.3 is 11.1 Å². The van der Waals surface area contributed by atoms with Gasteiger partial charge in [-0.25, -0.2) is 4.79 Å². The number of nitrogens with zero attached hydrogens (tertiary/aromatic N) is 2. The van der Waals surface area contributed by atoms with Crippen LogP contribution in [0.25, 0.3) is 0 Å². The van der Waals surface area contributed by atoms with Crippen molar-refractivity contribution in [1.29, 1.82) is 0 Å². The second-order valence-electron chi connectivity index (χ2n) is 6.21. The Kier molecular flexibility index (Phi) is 4.51. The summed E-state index contributed by atoms with van der Waals surface area (Å²) < 4.78 is 0. The quantitative estimate of drug-likeness (QED) is 0.677. The molecule has 4 amide bonds. The molecular weight excluding hydrogens is 272 g/mol. The van der Waals surface area contributed by atoms with Gasteiger partial charge >= 0.3 is 6.03 Å². The minimum atomic E-state index is -0.663. The number of amides is 4. The molecule has 1 spiro atoms. The van der Waals surface area contributed by atoms with E-state index in [1.165, 1.54) is 4.90 Å². The summed E-state index contributed by atoms with van der Waals surface area (Å²) in [7, 11) is 0. The molecule has 1 aliphatic heterocycles. The van der Waals surface area contributed by atoms with E-state index < -0.39 is 11.4 Å². The number of carbonyl (C=O) groups is 3. The van der Waals surface area contributed by atoms with Crippen molar-refractivity contribution in [2.45, 2.75) is 51.1 Å². The SMILES string of the molecule is CC(C)N(CCN1C(=O)NC2(CCCC2)C1=O)CC(N)=O. The summed E-state index contributed by atoms with van der Waals surface area (Å²) in [5.74, 6) is -0.527. The molecule has 7 heteroatoms. The van der Waals surface area contributed by atoms with E-state index in [0.29, 0.717) is 6.54 Å². The third-order valence-corrected chi connectivity index (χ3v) is 4.40. The summed E-state index contributed by atoms with van der Waals surface area (Å²) in [6, 6.07) is -0.191. The number of primary amides is 1. The molecule has 7 nitrogen and oxygen atoms in total. The molecule has 21 heavy (non-hydrogen) atoms. The highest BCUT2D eigenvalue weighted by Gasteiger charge is 2.52. The lowest BCUT2D eigenvalue weighted by molar-refractivity contribution is -0.131. The second kappa shape index (κ2) is 6.01. The Morgan fingerprint density at radius 1 is 1.38 bits per heavy atom. The zero-order valence-electron chi connectivity index (χ0n) is 12.7. The first kappa shape index (κ1) is 15.8. The van der Waals surface area contributed by atoms with Crippen molar-refractivity contribution in [3.05, 3.63) is 0 Å². The molecule has 0 aromatic heterocycles. The lowest BCUT2D eigenvalue weighted by atomic mass is 9.98. The van der Waals surface area contributed by atoms with Crippen LogP contribution in [0, 0.1) is 0 Å². The maximum atomic E-state index is 12.5. The first-order valence-corrected chi connectivity index (χ1v) is 7.52. The minimum Gasteiger partial charge on any atom is -0.369 e. The van der Waals surface area contributed by atoms with Crippen LogP contribution in [0.1, 0.15) is 39.5 Å². The van der Waals surface area contributed by atoms with Crippen LogP contribution in [0.5, 0.6) is 0 Å². The molecule has 2 rings (SSSR count). The van der Waals surface area contributed by atoms with E-state index in [-0.39, 0.29) is 31.1 Å². The predicted octanol–water partition coefficient (Wildman–Crippen LogP) is 0.0467. The van der Waals surface area contributed by atoms with E-state index in [1.54, 1.807) is 0 Å². The number of urea groups is 1. The van der Waals surface area contributed by atoms with Gasteiger partial charge in [-0.15, -0.1) is 0 Å². The molecule has 1 heterocycles. The monoisotopic (exact) mass is 296 g/mol. The summed E-state index contributed by atoms with van der Waals surface area (Å²) in [4.78, 5) is 38.7. The van der Waals surface area contributed by atoms with E-state index >= 15 is 0 Å². The van der Waals surface area contributed by atoms with Gasteiger partial charge in [-0.05, 0) is 26.7 Å². The zero-order chi connectivity index (χ0) is 15.6. The average molecular weight is 296 g/mol. The largest absolute Gasteiger partial charge is 0.369 e. The van der Waals surface area contributed by atoms with Gasteiger partial charge in [0.15, 0.2) is 0 Å². The van der Waals surface area contributed by atoms with Crippen molar-refractivity contribution in [2.24, 2.45) is 5.73 Å². The molecule has 0 unspecified atom stereocenters. The van der Waals surface area contributed by atoms with Gasteiger partial charge in [0.1, 0.15) is 5.54 Å². The van der Waals surface area contributed by atoms with E-state index in [4.69, 9.17) is 5.73 Å². The molecule has 0 bridgehead atoms. The lowest BCUT2D eigenvalue weighted by Gasteiger charge is -2.27. The molecule has 3 N–H and O–H groups in total. The third kappa shape index (κ3) is 3.18. The van der Waals surface area contributed by atoms with Crippen molar-refractivity contribution in [1.82, 2.24) is 15.1 Å². The number of imide groups is 1. The first-order valence-electron chi connectivity index (χ1n) is 7.52. The molecule has 2 aliphatic rings.